The van der Waals surface area contributed by atoms with Gasteiger partial charge in [0.2, 0.25) is 5.82 Å². The van der Waals surface area contributed by atoms with Crippen LogP contribution in [0.15, 0.2) is 18.2 Å². The summed E-state index contributed by atoms with van der Waals surface area (Å²) < 4.78 is 27.7. The van der Waals surface area contributed by atoms with E-state index < -0.39 is 28.7 Å². The van der Waals surface area contributed by atoms with E-state index in [0.29, 0.717) is 5.56 Å². The summed E-state index contributed by atoms with van der Waals surface area (Å²) in [6.07, 6.45) is -1.02. The molecule has 2 aromatic rings. The average molecular weight is 340 g/mol. The number of aromatic nitrogens is 2. The van der Waals surface area contributed by atoms with Crippen molar-refractivity contribution in [2.45, 2.75) is 32.4 Å². The number of rotatable bonds is 6. The van der Waals surface area contributed by atoms with Gasteiger partial charge in [-0.1, -0.05) is 0 Å². The molecule has 0 saturated heterocycles. The molecule has 1 aromatic heterocycles. The molecule has 24 heavy (non-hydrogen) atoms. The van der Waals surface area contributed by atoms with Gasteiger partial charge in [0.25, 0.3) is 0 Å². The molecule has 130 valence electrons. The lowest BCUT2D eigenvalue weighted by Gasteiger charge is -2.21. The number of aliphatic hydroxyl groups is 1. The van der Waals surface area contributed by atoms with Crippen molar-refractivity contribution in [2.24, 2.45) is 7.05 Å². The van der Waals surface area contributed by atoms with Crippen LogP contribution in [0, 0.1) is 28.7 Å². The van der Waals surface area contributed by atoms with E-state index in [-0.39, 0.29) is 23.6 Å². The number of nitro groups is 1. The first kappa shape index (κ1) is 17.8. The van der Waals surface area contributed by atoms with Crippen LogP contribution < -0.4 is 5.32 Å². The zero-order valence-electron chi connectivity index (χ0n) is 13.5. The largest absolute Gasteiger partial charge is 0.391 e. The highest BCUT2D eigenvalue weighted by atomic mass is 19.1. The molecule has 1 aromatic carbocycles. The van der Waals surface area contributed by atoms with Crippen molar-refractivity contribution in [3.8, 4) is 0 Å². The van der Waals surface area contributed by atoms with Gasteiger partial charge in [-0.05, 0) is 31.5 Å². The molecule has 0 saturated carbocycles. The summed E-state index contributed by atoms with van der Waals surface area (Å²) in [6.45, 7) is 3.13. The van der Waals surface area contributed by atoms with E-state index in [1.165, 1.54) is 11.6 Å². The normalized spacial score (nSPS) is 13.6. The molecule has 7 nitrogen and oxygen atoms in total. The molecule has 0 aliphatic rings. The van der Waals surface area contributed by atoms with Crippen LogP contribution in [0.2, 0.25) is 0 Å². The Morgan fingerprint density at radius 2 is 1.96 bits per heavy atom. The number of nitrogens with one attached hydrogen (secondary N) is 1. The van der Waals surface area contributed by atoms with Crippen LogP contribution in [0.3, 0.4) is 0 Å². The van der Waals surface area contributed by atoms with Crippen LogP contribution >= 0.6 is 0 Å². The van der Waals surface area contributed by atoms with E-state index in [4.69, 9.17) is 0 Å². The number of aliphatic hydroxyl groups excluding tert-OH is 1. The maximum atomic E-state index is 13.2. The highest BCUT2D eigenvalue weighted by Gasteiger charge is 2.26. The van der Waals surface area contributed by atoms with Gasteiger partial charge < -0.3 is 10.4 Å². The second kappa shape index (κ2) is 6.91. The first-order valence-corrected chi connectivity index (χ1v) is 7.26. The SMILES string of the molecule is Cc1nn(C)c(NC(C)C(O)Cc2cc(F)cc(F)c2)c1[N+](=O)[O-]. The van der Waals surface area contributed by atoms with Crippen molar-refractivity contribution < 1.29 is 18.8 Å². The van der Waals surface area contributed by atoms with Gasteiger partial charge in [-0.3, -0.25) is 10.1 Å². The van der Waals surface area contributed by atoms with Crippen LogP contribution in [-0.2, 0) is 13.5 Å². The van der Waals surface area contributed by atoms with E-state index >= 15 is 0 Å². The maximum absolute atomic E-state index is 13.2. The Balaban J connectivity index is 2.15. The van der Waals surface area contributed by atoms with Crippen LogP contribution in [-0.4, -0.2) is 32.0 Å². The zero-order valence-corrected chi connectivity index (χ0v) is 13.5. The number of anilines is 1. The Kier molecular flexibility index (Phi) is 5.13. The van der Waals surface area contributed by atoms with Gasteiger partial charge in [0.1, 0.15) is 17.3 Å². The standard InChI is InChI=1S/C15H18F2N4O3/c1-8(13(22)6-10-4-11(16)7-12(17)5-10)18-15-14(21(23)24)9(2)19-20(15)3/h4-5,7-8,13,18,22H,6H2,1-3H3. The van der Waals surface area contributed by atoms with Crippen molar-refractivity contribution >= 4 is 11.5 Å². The molecule has 0 amide bonds. The summed E-state index contributed by atoms with van der Waals surface area (Å²) in [6, 6.07) is 2.41. The number of hydrogen-bond donors (Lipinski definition) is 2. The third-order valence-electron chi connectivity index (χ3n) is 3.68. The summed E-state index contributed by atoms with van der Waals surface area (Å²) in [5.74, 6) is -1.29. The van der Waals surface area contributed by atoms with Gasteiger partial charge in [-0.2, -0.15) is 5.10 Å². The topological polar surface area (TPSA) is 93.2 Å². The second-order valence-corrected chi connectivity index (χ2v) is 5.65. The first-order chi connectivity index (χ1) is 11.2. The van der Waals surface area contributed by atoms with E-state index in [9.17, 15) is 24.0 Å². The third kappa shape index (κ3) is 3.85. The average Bonchev–Trinajstić information content (AvgIpc) is 2.71. The number of benzene rings is 1. The van der Waals surface area contributed by atoms with Gasteiger partial charge in [0, 0.05) is 19.5 Å². The Hall–Kier alpha value is -2.55. The molecular weight excluding hydrogens is 322 g/mol. The van der Waals surface area contributed by atoms with Gasteiger partial charge in [0.15, 0.2) is 0 Å². The van der Waals surface area contributed by atoms with E-state index in [0.717, 1.165) is 18.2 Å². The van der Waals surface area contributed by atoms with Gasteiger partial charge >= 0.3 is 5.69 Å². The summed E-state index contributed by atoms with van der Waals surface area (Å²) in [5.41, 5.74) is 0.372. The number of aryl methyl sites for hydroxylation is 2. The fraction of sp³-hybridized carbons (Fsp3) is 0.400. The summed E-state index contributed by atoms with van der Waals surface area (Å²) in [5, 5.41) is 28.2. The smallest absolute Gasteiger partial charge is 0.333 e. The second-order valence-electron chi connectivity index (χ2n) is 5.65. The predicted octanol–water partition coefficient (Wildman–Crippen LogP) is 2.32. The summed E-state index contributed by atoms with van der Waals surface area (Å²) in [7, 11) is 1.55. The van der Waals surface area contributed by atoms with Crippen molar-refractivity contribution in [2.75, 3.05) is 5.32 Å². The molecule has 2 N–H and O–H groups in total. The third-order valence-corrected chi connectivity index (χ3v) is 3.68. The molecule has 0 aliphatic heterocycles. The van der Waals surface area contributed by atoms with Gasteiger partial charge in [-0.25, -0.2) is 13.5 Å². The first-order valence-electron chi connectivity index (χ1n) is 7.26. The van der Waals surface area contributed by atoms with Crippen molar-refractivity contribution in [1.29, 1.82) is 0 Å². The number of hydrogen-bond acceptors (Lipinski definition) is 5. The molecular formula is C15H18F2N4O3. The Bertz CT molecular complexity index is 743. The van der Waals surface area contributed by atoms with Crippen molar-refractivity contribution in [1.82, 2.24) is 9.78 Å². The van der Waals surface area contributed by atoms with Crippen LogP contribution in [0.5, 0.6) is 0 Å². The minimum absolute atomic E-state index is 0.00647. The highest BCUT2D eigenvalue weighted by molar-refractivity contribution is 5.59. The van der Waals surface area contributed by atoms with Crippen molar-refractivity contribution in [3.05, 3.63) is 51.2 Å². The molecule has 0 spiro atoms. The van der Waals surface area contributed by atoms with Gasteiger partial charge in [0.05, 0.1) is 17.1 Å². The highest BCUT2D eigenvalue weighted by Crippen LogP contribution is 2.28. The zero-order chi connectivity index (χ0) is 18.0. The monoisotopic (exact) mass is 340 g/mol. The minimum Gasteiger partial charge on any atom is -0.391 e. The Morgan fingerprint density at radius 3 is 2.50 bits per heavy atom. The van der Waals surface area contributed by atoms with E-state index in [2.05, 4.69) is 10.4 Å². The molecule has 0 fully saturated rings. The molecule has 0 bridgehead atoms. The molecule has 0 radical (unpaired) electrons. The fourth-order valence-corrected chi connectivity index (χ4v) is 2.49. The molecule has 9 heteroatoms. The molecule has 2 unspecified atom stereocenters. The summed E-state index contributed by atoms with van der Waals surface area (Å²) >= 11 is 0. The molecule has 1 heterocycles. The Morgan fingerprint density at radius 1 is 1.38 bits per heavy atom. The molecule has 2 rings (SSSR count). The minimum atomic E-state index is -1.01. The number of halogens is 2. The van der Waals surface area contributed by atoms with Crippen LogP contribution in [0.1, 0.15) is 18.2 Å². The fourth-order valence-electron chi connectivity index (χ4n) is 2.49. The van der Waals surface area contributed by atoms with E-state index in [1.807, 2.05) is 0 Å². The molecule has 0 aliphatic carbocycles. The van der Waals surface area contributed by atoms with Crippen LogP contribution in [0.25, 0.3) is 0 Å². The lowest BCUT2D eigenvalue weighted by atomic mass is 10.0. The lowest BCUT2D eigenvalue weighted by Crippen LogP contribution is -2.33. The van der Waals surface area contributed by atoms with E-state index in [1.54, 1.807) is 14.0 Å². The predicted molar refractivity (Wildman–Crippen MR) is 83.8 cm³/mol. The van der Waals surface area contributed by atoms with Crippen LogP contribution in [0.4, 0.5) is 20.3 Å². The maximum Gasteiger partial charge on any atom is 0.333 e. The van der Waals surface area contributed by atoms with Crippen molar-refractivity contribution in [3.63, 3.8) is 0 Å². The van der Waals surface area contributed by atoms with Gasteiger partial charge in [-0.15, -0.1) is 0 Å². The quantitative estimate of drug-likeness (QED) is 0.622. The number of nitrogens with zero attached hydrogens (tertiary/aromatic N) is 3. The lowest BCUT2D eigenvalue weighted by molar-refractivity contribution is -0.384. The summed E-state index contributed by atoms with van der Waals surface area (Å²) in [4.78, 5) is 10.6. The Labute approximate surface area is 137 Å². The molecule has 2 atom stereocenters.